The minimum Gasteiger partial charge on any atom is -0.459 e. The van der Waals surface area contributed by atoms with Crippen molar-refractivity contribution in [3.63, 3.8) is 0 Å². The fraction of sp³-hybridized carbons (Fsp3) is 0.941. The van der Waals surface area contributed by atoms with Gasteiger partial charge in [-0.05, 0) is 69.6 Å². The van der Waals surface area contributed by atoms with Crippen LogP contribution in [0, 0.1) is 46.8 Å². The monoisotopic (exact) mass is 635 g/mol. The van der Waals surface area contributed by atoms with Crippen molar-refractivity contribution in [3.8, 4) is 0 Å². The molecule has 0 unspecified atom stereocenters. The van der Waals surface area contributed by atoms with Crippen LogP contribution in [-0.4, -0.2) is 109 Å². The standard InChI is InChI=1S/C34H53NO10/c1-7-17(3)29(39)44-26-25-19(15-35-14-16(2)8-9-23(35)31(25,6)40)20-13-32-27(33(20,41)28(26)38)21(37)12-22-30(32,5)11-10-24(43-18(4)36)34(22,42)45-32/h16-17,19-28,37-38,40-42H,7-15H2,1-6H3/t16-,17+,19-,20-,21+,22-,23-,24-,25+,26+,27+,28-,30-,31+,32+,33-,34+/m0/s1. The Hall–Kier alpha value is -1.34. The number of fused-ring (bicyclic) bond motifs is 5. The van der Waals surface area contributed by atoms with E-state index in [-0.39, 0.29) is 18.9 Å². The van der Waals surface area contributed by atoms with Crippen molar-refractivity contribution in [1.82, 2.24) is 4.90 Å². The van der Waals surface area contributed by atoms with Crippen molar-refractivity contribution in [3.05, 3.63) is 0 Å². The van der Waals surface area contributed by atoms with Crippen molar-refractivity contribution in [2.75, 3.05) is 13.1 Å². The Morgan fingerprint density at radius 1 is 1.07 bits per heavy atom. The number of carbonyl (C=O) groups is 2. The van der Waals surface area contributed by atoms with E-state index in [1.165, 1.54) is 6.92 Å². The first-order valence-corrected chi connectivity index (χ1v) is 17.3. The summed E-state index contributed by atoms with van der Waals surface area (Å²) in [6.07, 6.45) is -1.41. The summed E-state index contributed by atoms with van der Waals surface area (Å²) >= 11 is 0. The first kappa shape index (κ1) is 32.2. The van der Waals surface area contributed by atoms with Crippen LogP contribution in [0.5, 0.6) is 0 Å². The molecule has 4 saturated carbocycles. The van der Waals surface area contributed by atoms with E-state index in [0.29, 0.717) is 31.7 Å². The molecule has 3 aliphatic heterocycles. The number of hydrogen-bond donors (Lipinski definition) is 5. The Morgan fingerprint density at radius 2 is 1.78 bits per heavy atom. The van der Waals surface area contributed by atoms with Gasteiger partial charge in [0.1, 0.15) is 17.8 Å². The molecule has 45 heavy (non-hydrogen) atoms. The molecule has 0 aromatic carbocycles. The lowest BCUT2D eigenvalue weighted by Gasteiger charge is -2.64. The molecule has 3 heterocycles. The summed E-state index contributed by atoms with van der Waals surface area (Å²) in [5.74, 6) is -6.18. The first-order valence-electron chi connectivity index (χ1n) is 17.3. The molecule has 7 aliphatic rings. The molecule has 0 aromatic rings. The van der Waals surface area contributed by atoms with E-state index in [1.54, 1.807) is 13.8 Å². The molecule has 4 bridgehead atoms. The van der Waals surface area contributed by atoms with Crippen LogP contribution in [0.4, 0.5) is 0 Å². The summed E-state index contributed by atoms with van der Waals surface area (Å²) in [5.41, 5.74) is -5.23. The SMILES string of the molecule is CC[C@@H](C)C(=O)O[C@@H]1[C@H]2[C@@H](CN3C[C@@H](C)CC[C@H]3[C@@]2(C)O)[C@@H]2C[C@]34O[C@@]5(O)[C@@H](OC(C)=O)CC[C@@]3(C)[C@@H]5C[C@@H](O)[C@H]4[C@]2(O)[C@H]1O. The van der Waals surface area contributed by atoms with Gasteiger partial charge in [0.15, 0.2) is 6.10 Å². The maximum atomic E-state index is 13.4. The summed E-state index contributed by atoms with van der Waals surface area (Å²) < 4.78 is 18.5. The van der Waals surface area contributed by atoms with Crippen molar-refractivity contribution >= 4 is 11.9 Å². The third-order valence-electron chi connectivity index (χ3n) is 14.4. The molecule has 4 aliphatic carbocycles. The molecular weight excluding hydrogens is 582 g/mol. The van der Waals surface area contributed by atoms with E-state index < -0.39 is 99.9 Å². The van der Waals surface area contributed by atoms with Crippen LogP contribution in [0.2, 0.25) is 0 Å². The van der Waals surface area contributed by atoms with Crippen molar-refractivity contribution in [2.24, 2.45) is 46.8 Å². The number of piperidine rings is 2. The number of carbonyl (C=O) groups excluding carboxylic acids is 2. The Bertz CT molecular complexity index is 1250. The van der Waals surface area contributed by atoms with E-state index in [1.807, 2.05) is 13.8 Å². The van der Waals surface area contributed by atoms with Gasteiger partial charge in [0.25, 0.3) is 0 Å². The molecule has 7 fully saturated rings. The van der Waals surface area contributed by atoms with Crippen LogP contribution in [-0.2, 0) is 23.8 Å². The molecule has 11 heteroatoms. The van der Waals surface area contributed by atoms with Gasteiger partial charge in [-0.2, -0.15) is 0 Å². The second-order valence-electron chi connectivity index (χ2n) is 16.6. The van der Waals surface area contributed by atoms with Gasteiger partial charge >= 0.3 is 11.9 Å². The first-order chi connectivity index (χ1) is 21.0. The largest absolute Gasteiger partial charge is 0.459 e. The van der Waals surface area contributed by atoms with E-state index in [4.69, 9.17) is 14.2 Å². The van der Waals surface area contributed by atoms with Gasteiger partial charge in [-0.3, -0.25) is 14.5 Å². The highest BCUT2D eigenvalue weighted by atomic mass is 16.7. The Balaban J connectivity index is 1.37. The number of aliphatic hydroxyl groups is 5. The zero-order valence-electron chi connectivity index (χ0n) is 27.5. The van der Waals surface area contributed by atoms with Crippen LogP contribution in [0.15, 0.2) is 0 Å². The number of nitrogens with zero attached hydrogens (tertiary/aromatic N) is 1. The van der Waals surface area contributed by atoms with Crippen LogP contribution in [0.1, 0.15) is 86.5 Å². The molecule has 11 nitrogen and oxygen atoms in total. The average Bonchev–Trinajstić information content (AvgIpc) is 3.24. The highest BCUT2D eigenvalue weighted by Gasteiger charge is 2.87. The lowest BCUT2D eigenvalue weighted by Crippen LogP contribution is -2.77. The molecule has 7 rings (SSSR count). The van der Waals surface area contributed by atoms with Gasteiger partial charge in [0.2, 0.25) is 5.79 Å². The Labute approximate surface area is 265 Å². The summed E-state index contributed by atoms with van der Waals surface area (Å²) in [6, 6.07) is -0.195. The van der Waals surface area contributed by atoms with Crippen molar-refractivity contribution < 1.29 is 49.3 Å². The smallest absolute Gasteiger partial charge is 0.309 e. The third kappa shape index (κ3) is 3.95. The summed E-state index contributed by atoms with van der Waals surface area (Å²) in [5, 5.41) is 62.0. The van der Waals surface area contributed by atoms with E-state index in [2.05, 4.69) is 11.8 Å². The predicted octanol–water partition coefficient (Wildman–Crippen LogP) is 1.35. The molecule has 5 N–H and O–H groups in total. The molecule has 3 saturated heterocycles. The fourth-order valence-electron chi connectivity index (χ4n) is 12.2. The van der Waals surface area contributed by atoms with Gasteiger partial charge in [0, 0.05) is 49.2 Å². The molecule has 1 spiro atoms. The second-order valence-corrected chi connectivity index (χ2v) is 16.6. The number of esters is 2. The van der Waals surface area contributed by atoms with E-state index in [9.17, 15) is 35.1 Å². The Kier molecular flexibility index (Phi) is 7.22. The van der Waals surface area contributed by atoms with Crippen LogP contribution < -0.4 is 0 Å². The lowest BCUT2D eigenvalue weighted by molar-refractivity contribution is -0.298. The molecular formula is C34H53NO10. The zero-order chi connectivity index (χ0) is 32.6. The summed E-state index contributed by atoms with van der Waals surface area (Å²) in [7, 11) is 0. The summed E-state index contributed by atoms with van der Waals surface area (Å²) in [6.45, 7) is 12.3. The Morgan fingerprint density at radius 3 is 2.44 bits per heavy atom. The number of ether oxygens (including phenoxy) is 3. The molecule has 254 valence electrons. The molecule has 0 radical (unpaired) electrons. The third-order valence-corrected chi connectivity index (χ3v) is 14.4. The second kappa shape index (κ2) is 10.1. The lowest BCUT2D eigenvalue weighted by atomic mass is 9.49. The number of aliphatic hydroxyl groups excluding tert-OH is 2. The zero-order valence-corrected chi connectivity index (χ0v) is 27.5. The quantitative estimate of drug-likeness (QED) is 0.283. The van der Waals surface area contributed by atoms with Gasteiger partial charge < -0.3 is 39.7 Å². The maximum Gasteiger partial charge on any atom is 0.309 e. The maximum absolute atomic E-state index is 13.4. The van der Waals surface area contributed by atoms with Crippen molar-refractivity contribution in [2.45, 2.75) is 140 Å². The van der Waals surface area contributed by atoms with Gasteiger partial charge in [-0.1, -0.05) is 27.7 Å². The molecule has 17 atom stereocenters. The minimum absolute atomic E-state index is 0.0911. The van der Waals surface area contributed by atoms with Crippen LogP contribution in [0.3, 0.4) is 0 Å². The molecule has 0 aromatic heterocycles. The van der Waals surface area contributed by atoms with Crippen molar-refractivity contribution in [1.29, 1.82) is 0 Å². The highest BCUT2D eigenvalue weighted by molar-refractivity contribution is 5.72. The van der Waals surface area contributed by atoms with E-state index >= 15 is 0 Å². The van der Waals surface area contributed by atoms with Gasteiger partial charge in [-0.25, -0.2) is 0 Å². The fourth-order valence-corrected chi connectivity index (χ4v) is 12.2. The van der Waals surface area contributed by atoms with Crippen LogP contribution in [0.25, 0.3) is 0 Å². The topological polar surface area (TPSA) is 166 Å². The van der Waals surface area contributed by atoms with E-state index in [0.717, 1.165) is 19.4 Å². The van der Waals surface area contributed by atoms with Gasteiger partial charge in [-0.15, -0.1) is 0 Å². The average molecular weight is 636 g/mol. The minimum atomic E-state index is -1.94. The summed E-state index contributed by atoms with van der Waals surface area (Å²) in [4.78, 5) is 27.7. The predicted molar refractivity (Wildman–Crippen MR) is 159 cm³/mol. The molecule has 0 amide bonds. The number of rotatable bonds is 4. The normalized spacial score (nSPS) is 57.2. The van der Waals surface area contributed by atoms with Gasteiger partial charge in [0.05, 0.1) is 23.2 Å². The van der Waals surface area contributed by atoms with Crippen LogP contribution >= 0.6 is 0 Å². The highest BCUT2D eigenvalue weighted by Crippen LogP contribution is 2.77. The number of hydrogen-bond acceptors (Lipinski definition) is 11.